The number of aliphatic hydroxyl groups is 3. The Morgan fingerprint density at radius 1 is 1.07 bits per heavy atom. The third kappa shape index (κ3) is 8.32. The Morgan fingerprint density at radius 2 is 1.85 bits per heavy atom. The minimum atomic E-state index is -1.26. The average molecular weight is 841 g/mol. The molecule has 3 fully saturated rings. The number of piperidine rings is 1. The number of hydrogen-bond donors (Lipinski definition) is 3. The first-order valence-electron chi connectivity index (χ1n) is 22.3. The largest absolute Gasteiger partial charge is 0.489 e. The molecule has 4 heterocycles. The first-order valence-corrected chi connectivity index (χ1v) is 22.3. The molecule has 0 spiro atoms. The van der Waals surface area contributed by atoms with Crippen molar-refractivity contribution in [2.45, 2.75) is 115 Å². The van der Waals surface area contributed by atoms with Crippen molar-refractivity contribution in [3.05, 3.63) is 67.9 Å². The van der Waals surface area contributed by atoms with Crippen LogP contribution in [-0.4, -0.2) is 109 Å². The molecule has 2 saturated carbocycles. The van der Waals surface area contributed by atoms with E-state index >= 15 is 0 Å². The molecule has 13 heteroatoms. The number of nitrogens with zero attached hydrogens (tertiary/aromatic N) is 2. The van der Waals surface area contributed by atoms with E-state index in [9.17, 15) is 29.7 Å². The van der Waals surface area contributed by atoms with Crippen LogP contribution in [0.15, 0.2) is 40.1 Å². The zero-order valence-corrected chi connectivity index (χ0v) is 35.7. The van der Waals surface area contributed by atoms with E-state index < -0.39 is 42.7 Å². The monoisotopic (exact) mass is 840 g/mol. The Hall–Kier alpha value is -4.40. The number of Topliss-reactive ketones (excluding diaryl/α,β-unsaturated/α-hetero) is 1. The van der Waals surface area contributed by atoms with Crippen molar-refractivity contribution in [2.24, 2.45) is 16.8 Å². The van der Waals surface area contributed by atoms with Gasteiger partial charge in [0.05, 0.1) is 54.5 Å². The lowest BCUT2D eigenvalue weighted by molar-refractivity contribution is -0.141. The highest BCUT2D eigenvalue weighted by molar-refractivity contribution is 6.11. The van der Waals surface area contributed by atoms with Gasteiger partial charge in [-0.1, -0.05) is 24.1 Å². The van der Waals surface area contributed by atoms with E-state index in [1.165, 1.54) is 0 Å². The number of methoxy groups -OCH3 is 1. The lowest BCUT2D eigenvalue weighted by Crippen LogP contribution is -2.52. The smallest absolute Gasteiger partial charge is 0.375 e. The fourth-order valence-electron chi connectivity index (χ4n) is 10.5. The summed E-state index contributed by atoms with van der Waals surface area (Å²) in [5, 5.41) is 36.2. The van der Waals surface area contributed by atoms with Crippen molar-refractivity contribution in [1.29, 1.82) is 0 Å². The van der Waals surface area contributed by atoms with Gasteiger partial charge >= 0.3 is 5.97 Å². The summed E-state index contributed by atoms with van der Waals surface area (Å²) < 4.78 is 31.1. The summed E-state index contributed by atoms with van der Waals surface area (Å²) in [6, 6.07) is 5.77. The van der Waals surface area contributed by atoms with Gasteiger partial charge in [0, 0.05) is 49.7 Å². The number of likely N-dealkylation sites (tertiary alicyclic amines) is 1. The number of esters is 1. The number of ether oxygens (including phenoxy) is 5. The van der Waals surface area contributed by atoms with Crippen molar-refractivity contribution >= 4 is 29.7 Å². The Balaban J connectivity index is 1.28. The first-order chi connectivity index (χ1) is 29.6. The standard InChI is InChI=1S/C48H60N2O11/c1-4-58-47(55)46-36(26-52)40(30-22-31(25-51)42(54)34(23-30)28-11-12-38-29(21-28)13-16-49-38)41-44(59-33-9-6-5-7-10-33)35-24-39(60-43(35)37(27-53)45(41)61-46)48(2,56)32-14-18-50(19-15-32)17-8-20-57-3/h11-13,21,26,31-34,39,51,53,56H,4-10,14-20,22-25,27H2,1-3H3/b40-30-/t31-,34-,39+,48-/m1/s1. The van der Waals surface area contributed by atoms with Crippen molar-refractivity contribution in [3.8, 4) is 17.2 Å². The van der Waals surface area contributed by atoms with Gasteiger partial charge in [-0.05, 0) is 114 Å². The summed E-state index contributed by atoms with van der Waals surface area (Å²) >= 11 is 0. The predicted molar refractivity (Wildman–Crippen MR) is 226 cm³/mol. The van der Waals surface area contributed by atoms with Gasteiger partial charge in [-0.25, -0.2) is 4.79 Å². The molecule has 2 aromatic rings. The predicted octanol–water partition coefficient (Wildman–Crippen LogP) is 4.02. The second kappa shape index (κ2) is 18.5. The number of allylic oxidation sites excluding steroid dienone is 3. The second-order valence-electron chi connectivity index (χ2n) is 17.6. The molecule has 0 radical (unpaired) electrons. The third-order valence-electron chi connectivity index (χ3n) is 13.9. The second-order valence-corrected chi connectivity index (χ2v) is 17.6. The molecule has 6 aliphatic rings. The number of aldehydes is 1. The number of hydrogen-bond acceptors (Lipinski definition) is 13. The molecule has 0 bridgehead atoms. The van der Waals surface area contributed by atoms with Crippen LogP contribution in [0.25, 0.3) is 11.6 Å². The van der Waals surface area contributed by atoms with Gasteiger partial charge in [0.1, 0.15) is 34.7 Å². The van der Waals surface area contributed by atoms with Gasteiger partial charge in [0.25, 0.3) is 0 Å². The Labute approximate surface area is 357 Å². The molecule has 2 aliphatic carbocycles. The molecule has 8 rings (SSSR count). The maximum absolute atomic E-state index is 14.2. The summed E-state index contributed by atoms with van der Waals surface area (Å²) in [6.07, 6.45) is 9.45. The Kier molecular flexibility index (Phi) is 13.1. The van der Waals surface area contributed by atoms with Crippen LogP contribution < -0.4 is 24.8 Å². The lowest BCUT2D eigenvalue weighted by Gasteiger charge is -2.42. The highest BCUT2D eigenvalue weighted by Gasteiger charge is 2.50. The van der Waals surface area contributed by atoms with Crippen LogP contribution in [0.2, 0.25) is 0 Å². The maximum atomic E-state index is 14.2. The summed E-state index contributed by atoms with van der Waals surface area (Å²) in [5.41, 5.74) is 1.82. The topological polar surface area (TPSA) is 174 Å². The van der Waals surface area contributed by atoms with Crippen LogP contribution in [0.3, 0.4) is 0 Å². The Bertz CT molecular complexity index is 2210. The normalized spacial score (nSPS) is 25.3. The molecule has 4 aliphatic heterocycles. The highest BCUT2D eigenvalue weighted by atomic mass is 16.6. The van der Waals surface area contributed by atoms with Crippen LogP contribution in [-0.2, 0) is 36.9 Å². The Morgan fingerprint density at radius 3 is 2.56 bits per heavy atom. The van der Waals surface area contributed by atoms with Crippen molar-refractivity contribution in [1.82, 2.24) is 4.90 Å². The fraction of sp³-hybridized carbons (Fsp3) is 0.583. The lowest BCUT2D eigenvalue weighted by atomic mass is 9.71. The fourth-order valence-corrected chi connectivity index (χ4v) is 10.5. The maximum Gasteiger partial charge on any atom is 0.375 e. The number of carbonyl (C=O) groups excluding carboxylic acids is 3. The number of fused-ring (bicyclic) bond motifs is 3. The number of aliphatic hydroxyl groups excluding tert-OH is 2. The summed E-state index contributed by atoms with van der Waals surface area (Å²) in [5.74, 6) is -1.97. The van der Waals surface area contributed by atoms with Crippen molar-refractivity contribution in [2.75, 3.05) is 53.1 Å². The molecule has 2 aromatic carbocycles. The summed E-state index contributed by atoms with van der Waals surface area (Å²) in [6.45, 7) is 6.42. The molecule has 13 nitrogen and oxygen atoms in total. The minimum Gasteiger partial charge on any atom is -0.489 e. The number of rotatable bonds is 14. The van der Waals surface area contributed by atoms with Crippen LogP contribution in [0.4, 0.5) is 0 Å². The van der Waals surface area contributed by atoms with Gasteiger partial charge in [-0.3, -0.25) is 14.6 Å². The first kappa shape index (κ1) is 43.3. The highest BCUT2D eigenvalue weighted by Crippen LogP contribution is 2.57. The van der Waals surface area contributed by atoms with Gasteiger partial charge in [-0.2, -0.15) is 0 Å². The van der Waals surface area contributed by atoms with E-state index in [2.05, 4.69) is 9.89 Å². The van der Waals surface area contributed by atoms with Gasteiger partial charge in [-0.15, -0.1) is 0 Å². The van der Waals surface area contributed by atoms with Crippen LogP contribution in [0.5, 0.6) is 17.2 Å². The van der Waals surface area contributed by atoms with E-state index in [1.54, 1.807) is 14.0 Å². The molecule has 0 amide bonds. The molecular weight excluding hydrogens is 781 g/mol. The number of carbonyl (C=O) groups is 3. The van der Waals surface area contributed by atoms with Crippen LogP contribution in [0, 0.1) is 11.8 Å². The average Bonchev–Trinajstić information content (AvgIpc) is 3.95. The zero-order chi connectivity index (χ0) is 42.8. The minimum absolute atomic E-state index is 0.0143. The van der Waals surface area contributed by atoms with Gasteiger partial charge in [0.15, 0.2) is 6.29 Å². The molecule has 328 valence electrons. The summed E-state index contributed by atoms with van der Waals surface area (Å²) in [4.78, 5) is 48.4. The van der Waals surface area contributed by atoms with Crippen LogP contribution >= 0.6 is 0 Å². The van der Waals surface area contributed by atoms with Crippen molar-refractivity contribution < 1.29 is 53.4 Å². The van der Waals surface area contributed by atoms with E-state index in [0.29, 0.717) is 53.2 Å². The molecule has 61 heavy (non-hydrogen) atoms. The third-order valence-corrected chi connectivity index (χ3v) is 13.9. The van der Waals surface area contributed by atoms with Crippen molar-refractivity contribution in [3.63, 3.8) is 0 Å². The number of benzene rings is 2. The van der Waals surface area contributed by atoms with E-state index in [4.69, 9.17) is 23.7 Å². The molecule has 4 atom stereocenters. The zero-order valence-electron chi connectivity index (χ0n) is 35.7. The summed E-state index contributed by atoms with van der Waals surface area (Å²) in [7, 11) is 1.71. The molecule has 0 aromatic heterocycles. The van der Waals surface area contributed by atoms with E-state index in [1.807, 2.05) is 31.2 Å². The van der Waals surface area contributed by atoms with E-state index in [-0.39, 0.29) is 66.3 Å². The quantitative estimate of drug-likeness (QED) is 0.142. The van der Waals surface area contributed by atoms with Gasteiger partial charge in [0.2, 0.25) is 5.76 Å². The molecular formula is C48H60N2O11. The van der Waals surface area contributed by atoms with Gasteiger partial charge < -0.3 is 43.9 Å². The number of ketones is 1. The SMILES string of the molecule is CCOC(=O)C1=C(C=O)/C(=C2\C[C@H](CO)C(=O)[C@@H](c3ccc4c(c3)=CCN=4)C2)c2c(c(CO)c3c(c2OC2CCCCC2)C[C@@H]([C@](C)(O)C2CCN(CCCOC)CC2)O3)O1. The van der Waals surface area contributed by atoms with E-state index in [0.717, 1.165) is 87.1 Å². The molecule has 3 N–H and O–H groups in total. The van der Waals surface area contributed by atoms with Crippen LogP contribution in [0.1, 0.15) is 106 Å². The molecule has 0 unspecified atom stereocenters. The molecule has 1 saturated heterocycles.